The van der Waals surface area contributed by atoms with E-state index >= 15 is 0 Å². The molecule has 2 aromatic carbocycles. The molecule has 4 aliphatic rings. The summed E-state index contributed by atoms with van der Waals surface area (Å²) in [5, 5.41) is 2.12. The fourth-order valence-corrected chi connectivity index (χ4v) is 9.31. The van der Waals surface area contributed by atoms with E-state index in [0.717, 1.165) is 54.9 Å². The number of esters is 1. The molecule has 37 heavy (non-hydrogen) atoms. The van der Waals surface area contributed by atoms with Crippen LogP contribution in [0.25, 0.3) is 10.8 Å². The zero-order valence-corrected chi connectivity index (χ0v) is 22.9. The summed E-state index contributed by atoms with van der Waals surface area (Å²) in [6, 6.07) is 14.2. The molecular weight excluding hydrogens is 460 g/mol. The van der Waals surface area contributed by atoms with E-state index in [-0.39, 0.29) is 17.5 Å². The molecule has 0 N–H and O–H groups in total. The molecule has 4 nitrogen and oxygen atoms in total. The average Bonchev–Trinajstić information content (AvgIpc) is 3.22. The van der Waals surface area contributed by atoms with Gasteiger partial charge in [-0.1, -0.05) is 56.3 Å². The van der Waals surface area contributed by atoms with E-state index in [1.165, 1.54) is 19.3 Å². The lowest BCUT2D eigenvalue weighted by atomic mass is 9.45. The van der Waals surface area contributed by atoms with Crippen LogP contribution in [-0.2, 0) is 24.7 Å². The van der Waals surface area contributed by atoms with Crippen molar-refractivity contribution in [3.8, 4) is 0 Å². The lowest BCUT2D eigenvalue weighted by Crippen LogP contribution is -2.54. The number of benzene rings is 2. The topological polar surface area (TPSA) is 52.6 Å². The third-order valence-electron chi connectivity index (χ3n) is 11.7. The van der Waals surface area contributed by atoms with E-state index in [1.54, 1.807) is 7.11 Å². The van der Waals surface area contributed by atoms with Crippen molar-refractivity contribution in [2.75, 3.05) is 7.11 Å². The molecule has 1 unspecified atom stereocenters. The van der Waals surface area contributed by atoms with Gasteiger partial charge in [-0.3, -0.25) is 4.79 Å². The van der Waals surface area contributed by atoms with Crippen molar-refractivity contribution < 1.29 is 19.1 Å². The highest BCUT2D eigenvalue weighted by atomic mass is 16.6. The van der Waals surface area contributed by atoms with Crippen LogP contribution in [0.3, 0.4) is 0 Å². The maximum atomic E-state index is 13.7. The maximum absolute atomic E-state index is 13.7. The van der Waals surface area contributed by atoms with Gasteiger partial charge in [0.15, 0.2) is 5.60 Å². The Morgan fingerprint density at radius 2 is 1.73 bits per heavy atom. The molecule has 2 aromatic rings. The van der Waals surface area contributed by atoms with Gasteiger partial charge >= 0.3 is 5.97 Å². The largest absolute Gasteiger partial charge is 0.460 e. The Morgan fingerprint density at radius 3 is 2.54 bits per heavy atom. The Morgan fingerprint density at radius 1 is 0.946 bits per heavy atom. The number of ether oxygens (including phenoxy) is 2. The maximum Gasteiger partial charge on any atom is 0.343 e. The van der Waals surface area contributed by atoms with Crippen LogP contribution < -0.4 is 0 Å². The van der Waals surface area contributed by atoms with Gasteiger partial charge in [-0.25, -0.2) is 4.79 Å². The molecule has 0 radical (unpaired) electrons. The van der Waals surface area contributed by atoms with Crippen LogP contribution in [-0.4, -0.2) is 25.0 Å². The van der Waals surface area contributed by atoms with Crippen molar-refractivity contribution in [3.05, 3.63) is 48.0 Å². The number of rotatable bonds is 4. The molecule has 0 aromatic heterocycles. The van der Waals surface area contributed by atoms with Gasteiger partial charge in [-0.2, -0.15) is 0 Å². The van der Waals surface area contributed by atoms with Crippen LogP contribution in [0.1, 0.15) is 84.1 Å². The minimum absolute atomic E-state index is 0.0616. The Bertz CT molecular complexity index is 1210. The highest BCUT2D eigenvalue weighted by Gasteiger charge is 2.60. The van der Waals surface area contributed by atoms with E-state index < -0.39 is 5.60 Å². The Hall–Kier alpha value is -2.20. The second-order valence-corrected chi connectivity index (χ2v) is 13.1. The molecule has 198 valence electrons. The molecule has 6 rings (SSSR count). The zero-order chi connectivity index (χ0) is 26.0. The summed E-state index contributed by atoms with van der Waals surface area (Å²) >= 11 is 0. The molecule has 0 heterocycles. The second-order valence-electron chi connectivity index (χ2n) is 13.1. The van der Waals surface area contributed by atoms with Crippen molar-refractivity contribution in [3.63, 3.8) is 0 Å². The Labute approximate surface area is 221 Å². The Kier molecular flexibility index (Phi) is 6.06. The number of fused-ring (bicyclic) bond motifs is 6. The molecule has 4 heteroatoms. The number of hydrogen-bond donors (Lipinski definition) is 0. The van der Waals surface area contributed by atoms with Crippen molar-refractivity contribution in [1.82, 2.24) is 0 Å². The van der Waals surface area contributed by atoms with Crippen LogP contribution in [0, 0.1) is 34.5 Å². The lowest BCUT2D eigenvalue weighted by molar-refractivity contribution is -0.183. The molecule has 8 atom stereocenters. The molecule has 4 fully saturated rings. The minimum atomic E-state index is -1.15. The Balaban J connectivity index is 1.18. The summed E-state index contributed by atoms with van der Waals surface area (Å²) in [7, 11) is 1.60. The highest BCUT2D eigenvalue weighted by Crippen LogP contribution is 2.65. The summed E-state index contributed by atoms with van der Waals surface area (Å²) in [5.74, 6) is 2.78. The van der Waals surface area contributed by atoms with Gasteiger partial charge in [0, 0.05) is 24.5 Å². The van der Waals surface area contributed by atoms with Crippen molar-refractivity contribution in [1.29, 1.82) is 0 Å². The highest BCUT2D eigenvalue weighted by molar-refractivity contribution is 5.92. The normalized spacial score (nSPS) is 38.8. The summed E-state index contributed by atoms with van der Waals surface area (Å²) < 4.78 is 12.2. The lowest BCUT2D eigenvalue weighted by Gasteiger charge is -2.60. The first-order chi connectivity index (χ1) is 17.7. The molecule has 0 saturated heterocycles. The number of ketones is 1. The summed E-state index contributed by atoms with van der Waals surface area (Å²) in [6.45, 7) is 6.62. The summed E-state index contributed by atoms with van der Waals surface area (Å²) in [4.78, 5) is 26.4. The molecular formula is C33H42O4. The van der Waals surface area contributed by atoms with Crippen LogP contribution in [0.15, 0.2) is 42.5 Å². The van der Waals surface area contributed by atoms with E-state index in [2.05, 4.69) is 26.0 Å². The monoisotopic (exact) mass is 502 g/mol. The van der Waals surface area contributed by atoms with Gasteiger partial charge in [-0.05, 0) is 98.1 Å². The van der Waals surface area contributed by atoms with Crippen LogP contribution >= 0.6 is 0 Å². The number of Topliss-reactive ketones (excluding diaryl/α,β-unsaturated/α-hetero) is 1. The fraction of sp³-hybridized carbons (Fsp3) is 0.636. The van der Waals surface area contributed by atoms with E-state index in [1.807, 2.05) is 37.3 Å². The van der Waals surface area contributed by atoms with Gasteiger partial charge in [0.2, 0.25) is 0 Å². The van der Waals surface area contributed by atoms with Gasteiger partial charge in [-0.15, -0.1) is 0 Å². The standard InChI is InChI=1S/C33H42O4/c1-31-18-16-23(20-22(31)12-13-25-26-14-15-29(34)32(26,2)19-17-27(25)31)37-30(35)33(3,36-4)28-11-7-9-21-8-5-6-10-24(21)28/h5-11,22-23,25-27H,12-20H2,1-4H3/t22-,23+,25-,26-,27-,31-,32-,33?/m0/s1. The first-order valence-corrected chi connectivity index (χ1v) is 14.5. The predicted molar refractivity (Wildman–Crippen MR) is 145 cm³/mol. The number of hydrogen-bond acceptors (Lipinski definition) is 4. The van der Waals surface area contributed by atoms with Crippen LogP contribution in [0.2, 0.25) is 0 Å². The average molecular weight is 503 g/mol. The third-order valence-corrected chi connectivity index (χ3v) is 11.7. The first-order valence-electron chi connectivity index (χ1n) is 14.5. The molecule has 4 saturated carbocycles. The zero-order valence-electron chi connectivity index (χ0n) is 22.9. The summed E-state index contributed by atoms with van der Waals surface area (Å²) in [6.07, 6.45) is 9.46. The van der Waals surface area contributed by atoms with E-state index in [0.29, 0.717) is 34.9 Å². The molecule has 0 spiro atoms. The fourth-order valence-electron chi connectivity index (χ4n) is 9.31. The molecule has 0 aliphatic heterocycles. The van der Waals surface area contributed by atoms with Crippen molar-refractivity contribution in [2.24, 2.45) is 34.5 Å². The quantitative estimate of drug-likeness (QED) is 0.414. The molecule has 0 amide bonds. The first kappa shape index (κ1) is 25.1. The SMILES string of the molecule is COC(C)(C(=O)O[C@@H]1CC[C@@]2(C)[C@@H](CC[C@@H]3[C@@H]2CC[C@]2(C)C(=O)CC[C@@H]32)C1)c1cccc2ccccc12. The van der Waals surface area contributed by atoms with Gasteiger partial charge in [0.1, 0.15) is 11.9 Å². The van der Waals surface area contributed by atoms with E-state index in [9.17, 15) is 9.59 Å². The smallest absolute Gasteiger partial charge is 0.343 e. The molecule has 4 aliphatic carbocycles. The minimum Gasteiger partial charge on any atom is -0.460 e. The van der Waals surface area contributed by atoms with Gasteiger partial charge in [0.25, 0.3) is 0 Å². The number of carbonyl (C=O) groups excluding carboxylic acids is 2. The third kappa shape index (κ3) is 3.72. The number of carbonyl (C=O) groups is 2. The van der Waals surface area contributed by atoms with Gasteiger partial charge in [0.05, 0.1) is 0 Å². The predicted octanol–water partition coefficient (Wildman–Crippen LogP) is 7.23. The van der Waals surface area contributed by atoms with E-state index in [4.69, 9.17) is 9.47 Å². The summed E-state index contributed by atoms with van der Waals surface area (Å²) in [5.41, 5.74) is -0.0691. The van der Waals surface area contributed by atoms with Crippen molar-refractivity contribution >= 4 is 22.5 Å². The van der Waals surface area contributed by atoms with Gasteiger partial charge < -0.3 is 9.47 Å². The van der Waals surface area contributed by atoms with Crippen LogP contribution in [0.5, 0.6) is 0 Å². The van der Waals surface area contributed by atoms with Crippen molar-refractivity contribution in [2.45, 2.75) is 90.3 Å². The number of methoxy groups -OCH3 is 1. The van der Waals surface area contributed by atoms with Crippen LogP contribution in [0.4, 0.5) is 0 Å². The molecule has 0 bridgehead atoms. The second kappa shape index (κ2) is 8.93.